The van der Waals surface area contributed by atoms with Crippen LogP contribution < -0.4 is 4.74 Å². The van der Waals surface area contributed by atoms with E-state index in [1.807, 2.05) is 42.5 Å². The van der Waals surface area contributed by atoms with Gasteiger partial charge < -0.3 is 14.0 Å². The molecule has 0 spiro atoms. The first-order chi connectivity index (χ1) is 19.8. The summed E-state index contributed by atoms with van der Waals surface area (Å²) in [7, 11) is 3.13. The zero-order valence-electron chi connectivity index (χ0n) is 22.2. The molecule has 3 aromatic carbocycles. The highest BCUT2D eigenvalue weighted by atomic mass is 35.5. The summed E-state index contributed by atoms with van der Waals surface area (Å²) < 4.78 is 18.4. The van der Waals surface area contributed by atoms with Crippen molar-refractivity contribution in [3.05, 3.63) is 97.8 Å². The summed E-state index contributed by atoms with van der Waals surface area (Å²) in [6.07, 6.45) is 5.97. The maximum absolute atomic E-state index is 12.0. The number of hydrogen-bond donors (Lipinski definition) is 0. The van der Waals surface area contributed by atoms with Gasteiger partial charge in [-0.25, -0.2) is 4.79 Å². The summed E-state index contributed by atoms with van der Waals surface area (Å²) in [6.45, 7) is 0.232. The lowest BCUT2D eigenvalue weighted by Crippen LogP contribution is -2.03. The molecule has 1 aliphatic rings. The number of aromatic nitrogens is 3. The van der Waals surface area contributed by atoms with E-state index in [1.54, 1.807) is 36.0 Å². The van der Waals surface area contributed by atoms with E-state index in [9.17, 15) is 4.79 Å². The van der Waals surface area contributed by atoms with Crippen LogP contribution in [0.15, 0.2) is 59.1 Å². The second-order valence-electron chi connectivity index (χ2n) is 9.79. The molecule has 0 bridgehead atoms. The van der Waals surface area contributed by atoms with E-state index < -0.39 is 5.97 Å². The van der Waals surface area contributed by atoms with Crippen molar-refractivity contribution in [2.24, 2.45) is 7.05 Å². The number of fused-ring (bicyclic) bond motifs is 1. The van der Waals surface area contributed by atoms with Crippen molar-refractivity contribution in [2.75, 3.05) is 7.11 Å². The van der Waals surface area contributed by atoms with Crippen LogP contribution in [0.2, 0.25) is 15.1 Å². The van der Waals surface area contributed by atoms with Crippen LogP contribution in [0.4, 0.5) is 0 Å². The zero-order valence-corrected chi connectivity index (χ0v) is 24.4. The van der Waals surface area contributed by atoms with E-state index in [2.05, 4.69) is 10.3 Å². The minimum absolute atomic E-state index is 0.232. The summed E-state index contributed by atoms with van der Waals surface area (Å²) in [5, 5.41) is 10.9. The summed E-state index contributed by atoms with van der Waals surface area (Å²) in [6, 6.07) is 16.6. The van der Waals surface area contributed by atoms with Crippen molar-refractivity contribution in [3.8, 4) is 17.0 Å². The Hall–Kier alpha value is -3.78. The molecule has 2 heterocycles. The smallest absolute Gasteiger partial charge is 0.359 e. The molecular formula is C31H24Cl3N3O4. The molecule has 208 valence electrons. The lowest BCUT2D eigenvalue weighted by atomic mass is 10.0. The number of ether oxygens (including phenoxy) is 2. The van der Waals surface area contributed by atoms with E-state index in [0.29, 0.717) is 38.0 Å². The van der Waals surface area contributed by atoms with Crippen molar-refractivity contribution >= 4 is 63.8 Å². The van der Waals surface area contributed by atoms with E-state index in [1.165, 1.54) is 7.11 Å². The van der Waals surface area contributed by atoms with Crippen molar-refractivity contribution in [2.45, 2.75) is 25.4 Å². The zero-order chi connectivity index (χ0) is 28.7. The third-order valence-corrected chi connectivity index (χ3v) is 7.99. The third-order valence-electron chi connectivity index (χ3n) is 7.03. The molecule has 7 nitrogen and oxygen atoms in total. The number of aryl methyl sites for hydroxylation is 1. The van der Waals surface area contributed by atoms with Crippen LogP contribution in [-0.4, -0.2) is 28.0 Å². The van der Waals surface area contributed by atoms with Gasteiger partial charge >= 0.3 is 5.97 Å². The first-order valence-corrected chi connectivity index (χ1v) is 14.1. The summed E-state index contributed by atoms with van der Waals surface area (Å²) in [5.74, 6) is 1.28. The normalized spacial score (nSPS) is 13.3. The van der Waals surface area contributed by atoms with Crippen LogP contribution in [0.5, 0.6) is 5.75 Å². The second-order valence-corrected chi connectivity index (χ2v) is 11.0. The van der Waals surface area contributed by atoms with Gasteiger partial charge in [-0.2, -0.15) is 5.10 Å². The molecule has 41 heavy (non-hydrogen) atoms. The number of methoxy groups -OCH3 is 1. The van der Waals surface area contributed by atoms with E-state index in [-0.39, 0.29) is 12.3 Å². The summed E-state index contributed by atoms with van der Waals surface area (Å²) in [5.41, 5.74) is 4.93. The van der Waals surface area contributed by atoms with Gasteiger partial charge in [0.25, 0.3) is 0 Å². The van der Waals surface area contributed by atoms with Crippen LogP contribution in [0, 0.1) is 0 Å². The molecule has 0 aliphatic heterocycles. The first kappa shape index (κ1) is 27.4. The van der Waals surface area contributed by atoms with E-state index in [0.717, 1.165) is 46.2 Å². The topological polar surface area (TPSA) is 79.4 Å². The van der Waals surface area contributed by atoms with Gasteiger partial charge in [0.2, 0.25) is 0 Å². The average Bonchev–Trinajstić information content (AvgIpc) is 3.65. The van der Waals surface area contributed by atoms with Crippen molar-refractivity contribution in [1.29, 1.82) is 0 Å². The van der Waals surface area contributed by atoms with Gasteiger partial charge in [0, 0.05) is 23.9 Å². The van der Waals surface area contributed by atoms with Crippen LogP contribution in [0.3, 0.4) is 0 Å². The molecule has 6 rings (SSSR count). The van der Waals surface area contributed by atoms with Gasteiger partial charge in [0.1, 0.15) is 23.8 Å². The van der Waals surface area contributed by atoms with Gasteiger partial charge in [-0.3, -0.25) is 4.68 Å². The van der Waals surface area contributed by atoms with Crippen LogP contribution in [0.25, 0.3) is 34.3 Å². The minimum atomic E-state index is -0.468. The molecule has 0 saturated heterocycles. The molecule has 5 aromatic rings. The number of carbonyl (C=O) groups excluding carboxylic acids is 1. The Labute approximate surface area is 251 Å². The molecule has 0 amide bonds. The standard InChI is InChI=1S/C31H24Cl3N3O4/c1-37-26-14-17(7-13-21(26)29(35-37)31(38)39-2)6-8-18-11-12-20(15-25(18)34)40-16-22-28(36-41-30(22)19-9-10-19)27-23(32)4-3-5-24(27)33/h3-8,11-15,19H,9-10,16H2,1-2H3/b8-6+. The Kier molecular flexibility index (Phi) is 7.51. The Bertz CT molecular complexity index is 1800. The number of rotatable bonds is 8. The molecule has 0 radical (unpaired) electrons. The van der Waals surface area contributed by atoms with Crippen molar-refractivity contribution in [1.82, 2.24) is 14.9 Å². The minimum Gasteiger partial charge on any atom is -0.489 e. The second kappa shape index (κ2) is 11.2. The molecule has 2 aromatic heterocycles. The number of nitrogens with zero attached hydrogens (tertiary/aromatic N) is 3. The van der Waals surface area contributed by atoms with Crippen LogP contribution in [0.1, 0.15) is 51.7 Å². The summed E-state index contributed by atoms with van der Waals surface area (Å²) in [4.78, 5) is 12.0. The average molecular weight is 609 g/mol. The molecule has 0 N–H and O–H groups in total. The van der Waals surface area contributed by atoms with Crippen molar-refractivity contribution < 1.29 is 18.8 Å². The Morgan fingerprint density at radius 3 is 2.54 bits per heavy atom. The predicted molar refractivity (Wildman–Crippen MR) is 161 cm³/mol. The molecule has 1 aliphatic carbocycles. The quantitative estimate of drug-likeness (QED) is 0.130. The van der Waals surface area contributed by atoms with Gasteiger partial charge in [-0.05, 0) is 66.4 Å². The molecular weight excluding hydrogens is 585 g/mol. The van der Waals surface area contributed by atoms with E-state index >= 15 is 0 Å². The first-order valence-electron chi connectivity index (χ1n) is 12.9. The van der Waals surface area contributed by atoms with Crippen molar-refractivity contribution in [3.63, 3.8) is 0 Å². The van der Waals surface area contributed by atoms with Crippen LogP contribution in [-0.2, 0) is 18.4 Å². The molecule has 1 saturated carbocycles. The number of carbonyl (C=O) groups is 1. The number of benzene rings is 3. The van der Waals surface area contributed by atoms with Gasteiger partial charge in [0.15, 0.2) is 5.69 Å². The maximum Gasteiger partial charge on any atom is 0.359 e. The Morgan fingerprint density at radius 1 is 1.05 bits per heavy atom. The van der Waals surface area contributed by atoms with E-state index in [4.69, 9.17) is 48.8 Å². The lowest BCUT2D eigenvalue weighted by molar-refractivity contribution is 0.0595. The molecule has 0 atom stereocenters. The van der Waals surface area contributed by atoms with Crippen LogP contribution >= 0.6 is 34.8 Å². The fourth-order valence-corrected chi connectivity index (χ4v) is 5.56. The Morgan fingerprint density at radius 2 is 1.83 bits per heavy atom. The lowest BCUT2D eigenvalue weighted by Gasteiger charge is -2.10. The number of halogens is 3. The highest BCUT2D eigenvalue weighted by Crippen LogP contribution is 2.46. The molecule has 10 heteroatoms. The highest BCUT2D eigenvalue weighted by molar-refractivity contribution is 6.39. The predicted octanol–water partition coefficient (Wildman–Crippen LogP) is 8.60. The SMILES string of the molecule is COC(=O)c1nn(C)c2cc(/C=C/c3ccc(OCc4c(-c5c(Cl)cccc5Cl)noc4C4CC4)cc3Cl)ccc12. The van der Waals surface area contributed by atoms with Gasteiger partial charge in [-0.15, -0.1) is 0 Å². The number of esters is 1. The maximum atomic E-state index is 12.0. The Balaban J connectivity index is 1.21. The highest BCUT2D eigenvalue weighted by Gasteiger charge is 2.33. The molecule has 1 fully saturated rings. The monoisotopic (exact) mass is 607 g/mol. The van der Waals surface area contributed by atoms with Gasteiger partial charge in [-0.1, -0.05) is 64.2 Å². The number of hydrogen-bond acceptors (Lipinski definition) is 6. The fraction of sp³-hybridized carbons (Fsp3) is 0.194. The largest absolute Gasteiger partial charge is 0.489 e. The van der Waals surface area contributed by atoms with Gasteiger partial charge in [0.05, 0.1) is 33.3 Å². The fourth-order valence-electron chi connectivity index (χ4n) is 4.75. The summed E-state index contributed by atoms with van der Waals surface area (Å²) >= 11 is 19.6. The third kappa shape index (κ3) is 5.45. The molecule has 0 unspecified atom stereocenters.